The van der Waals surface area contributed by atoms with Crippen LogP contribution in [0.3, 0.4) is 0 Å². The van der Waals surface area contributed by atoms with Gasteiger partial charge in [-0.2, -0.15) is 5.10 Å². The van der Waals surface area contributed by atoms with Crippen LogP contribution in [0.2, 0.25) is 5.02 Å². The third-order valence-corrected chi connectivity index (χ3v) is 7.40. The van der Waals surface area contributed by atoms with Crippen molar-refractivity contribution in [2.45, 2.75) is 0 Å². The fourth-order valence-electron chi connectivity index (χ4n) is 4.51. The van der Waals surface area contributed by atoms with Crippen molar-refractivity contribution in [3.8, 4) is 34.1 Å². The van der Waals surface area contributed by atoms with Crippen LogP contribution in [0, 0.1) is 0 Å². The van der Waals surface area contributed by atoms with E-state index in [1.807, 2.05) is 18.2 Å². The number of amides is 1. The van der Waals surface area contributed by atoms with E-state index < -0.39 is 11.9 Å². The molecule has 1 heterocycles. The van der Waals surface area contributed by atoms with Crippen LogP contribution in [0.25, 0.3) is 22.0 Å². The van der Waals surface area contributed by atoms with Gasteiger partial charge >= 0.3 is 5.97 Å². The van der Waals surface area contributed by atoms with Crippen molar-refractivity contribution in [2.75, 3.05) is 21.3 Å². The Kier molecular flexibility index (Phi) is 8.98. The van der Waals surface area contributed by atoms with Crippen LogP contribution in [0.5, 0.6) is 23.0 Å². The summed E-state index contributed by atoms with van der Waals surface area (Å²) in [5.74, 6) is 0.578. The maximum absolute atomic E-state index is 13.5. The van der Waals surface area contributed by atoms with Crippen molar-refractivity contribution in [1.82, 2.24) is 10.4 Å². The Bertz CT molecular complexity index is 1850. The van der Waals surface area contributed by atoms with E-state index in [1.54, 1.807) is 74.9 Å². The molecule has 0 atom stereocenters. The van der Waals surface area contributed by atoms with Crippen LogP contribution >= 0.6 is 27.5 Å². The van der Waals surface area contributed by atoms with Gasteiger partial charge in [-0.25, -0.2) is 10.2 Å². The highest BCUT2D eigenvalue weighted by Gasteiger charge is 2.25. The molecule has 0 spiro atoms. The molecule has 0 aliphatic heterocycles. The lowest BCUT2D eigenvalue weighted by Crippen LogP contribution is -2.19. The summed E-state index contributed by atoms with van der Waals surface area (Å²) in [6.07, 6.45) is 1.44. The monoisotopic (exact) mass is 661 g/mol. The van der Waals surface area contributed by atoms with Crippen LogP contribution < -0.4 is 24.4 Å². The zero-order valence-electron chi connectivity index (χ0n) is 23.2. The number of esters is 1. The Hall–Kier alpha value is -4.80. The lowest BCUT2D eigenvalue weighted by atomic mass is 10.0. The highest BCUT2D eigenvalue weighted by molar-refractivity contribution is 9.10. The van der Waals surface area contributed by atoms with Crippen molar-refractivity contribution in [3.05, 3.63) is 105 Å². The number of nitrogens with one attached hydrogen (secondary N) is 2. The Morgan fingerprint density at radius 1 is 0.860 bits per heavy atom. The number of hydrazone groups is 1. The quantitative estimate of drug-likeness (QED) is 0.0744. The van der Waals surface area contributed by atoms with E-state index in [0.29, 0.717) is 55.4 Å². The zero-order chi connectivity index (χ0) is 30.5. The Labute approximate surface area is 260 Å². The highest BCUT2D eigenvalue weighted by atomic mass is 79.9. The summed E-state index contributed by atoms with van der Waals surface area (Å²) < 4.78 is 22.9. The number of rotatable bonds is 9. The van der Waals surface area contributed by atoms with Gasteiger partial charge in [-0.15, -0.1) is 0 Å². The van der Waals surface area contributed by atoms with Gasteiger partial charge in [0.2, 0.25) is 0 Å². The van der Waals surface area contributed by atoms with Gasteiger partial charge in [0, 0.05) is 20.6 Å². The van der Waals surface area contributed by atoms with Crippen LogP contribution in [0.4, 0.5) is 0 Å². The molecule has 1 amide bonds. The van der Waals surface area contributed by atoms with Gasteiger partial charge in [0.25, 0.3) is 5.91 Å². The summed E-state index contributed by atoms with van der Waals surface area (Å²) in [5.41, 5.74) is 5.52. The number of carbonyl (C=O) groups excluding carboxylic acids is 2. The number of fused-ring (bicyclic) bond motifs is 1. The van der Waals surface area contributed by atoms with E-state index in [2.05, 4.69) is 31.4 Å². The summed E-state index contributed by atoms with van der Waals surface area (Å²) in [4.78, 5) is 29.2. The molecule has 4 aromatic carbocycles. The van der Waals surface area contributed by atoms with Crippen molar-refractivity contribution >= 4 is 56.5 Å². The molecule has 0 unspecified atom stereocenters. The van der Waals surface area contributed by atoms with Gasteiger partial charge in [0.05, 0.1) is 44.0 Å². The molecule has 5 rings (SSSR count). The average Bonchev–Trinajstić information content (AvgIpc) is 3.42. The molecule has 2 N–H and O–H groups in total. The second-order valence-electron chi connectivity index (χ2n) is 9.08. The molecular weight excluding hydrogens is 638 g/mol. The molecule has 0 saturated carbocycles. The van der Waals surface area contributed by atoms with Gasteiger partial charge in [0.1, 0.15) is 17.2 Å². The van der Waals surface area contributed by atoms with Crippen LogP contribution in [-0.4, -0.2) is 44.4 Å². The normalized spacial score (nSPS) is 11.0. The SMILES string of the molecule is COc1cc(C=NNC(=O)c2[nH]c3c(OC)ccc(OC)c3c2-c2ccccc2Cl)ccc1OC(=O)c1ccc(Br)cc1. The maximum atomic E-state index is 13.5. The average molecular weight is 663 g/mol. The number of carbonyl (C=O) groups is 2. The topological polar surface area (TPSA) is 111 Å². The number of methoxy groups -OCH3 is 3. The van der Waals surface area contributed by atoms with Crippen LogP contribution in [0.15, 0.2) is 88.4 Å². The second kappa shape index (κ2) is 13.0. The van der Waals surface area contributed by atoms with Gasteiger partial charge in [0.15, 0.2) is 11.5 Å². The number of hydrogen-bond donors (Lipinski definition) is 2. The summed E-state index contributed by atoms with van der Waals surface area (Å²) in [5, 5.41) is 5.24. The fraction of sp³-hybridized carbons (Fsp3) is 0.0938. The van der Waals surface area contributed by atoms with E-state index in [0.717, 1.165) is 4.47 Å². The van der Waals surface area contributed by atoms with Crippen molar-refractivity contribution in [1.29, 1.82) is 0 Å². The summed E-state index contributed by atoms with van der Waals surface area (Å²) in [7, 11) is 4.56. The van der Waals surface area contributed by atoms with Crippen LogP contribution in [-0.2, 0) is 0 Å². The number of aromatic amines is 1. The molecule has 0 bridgehead atoms. The Morgan fingerprint density at radius 3 is 2.23 bits per heavy atom. The maximum Gasteiger partial charge on any atom is 0.343 e. The van der Waals surface area contributed by atoms with Crippen molar-refractivity contribution in [2.24, 2.45) is 5.10 Å². The van der Waals surface area contributed by atoms with E-state index in [-0.39, 0.29) is 11.4 Å². The number of aromatic nitrogens is 1. The van der Waals surface area contributed by atoms with E-state index in [9.17, 15) is 9.59 Å². The van der Waals surface area contributed by atoms with E-state index in [4.69, 9.17) is 30.5 Å². The highest BCUT2D eigenvalue weighted by Crippen LogP contribution is 2.44. The second-order valence-corrected chi connectivity index (χ2v) is 10.4. The first-order valence-corrected chi connectivity index (χ1v) is 14.0. The minimum Gasteiger partial charge on any atom is -0.496 e. The van der Waals surface area contributed by atoms with Gasteiger partial charge in [-0.1, -0.05) is 45.7 Å². The lowest BCUT2D eigenvalue weighted by molar-refractivity contribution is 0.0729. The smallest absolute Gasteiger partial charge is 0.343 e. The Balaban J connectivity index is 1.42. The van der Waals surface area contributed by atoms with Gasteiger partial charge in [-0.3, -0.25) is 4.79 Å². The molecule has 0 aliphatic carbocycles. The molecular formula is C32H25BrClN3O6. The molecule has 11 heteroatoms. The predicted octanol–water partition coefficient (Wildman–Crippen LogP) is 7.26. The summed E-state index contributed by atoms with van der Waals surface area (Å²) in [6, 6.07) is 22.4. The molecule has 1 aromatic heterocycles. The van der Waals surface area contributed by atoms with E-state index in [1.165, 1.54) is 13.3 Å². The van der Waals surface area contributed by atoms with E-state index >= 15 is 0 Å². The third kappa shape index (κ3) is 6.20. The first-order chi connectivity index (χ1) is 20.8. The Morgan fingerprint density at radius 2 is 1.53 bits per heavy atom. The molecule has 0 fully saturated rings. The van der Waals surface area contributed by atoms with Crippen LogP contribution in [0.1, 0.15) is 26.4 Å². The van der Waals surface area contributed by atoms with Crippen molar-refractivity contribution < 1.29 is 28.5 Å². The fourth-order valence-corrected chi connectivity index (χ4v) is 5.00. The first-order valence-electron chi connectivity index (χ1n) is 12.8. The van der Waals surface area contributed by atoms with Crippen molar-refractivity contribution in [3.63, 3.8) is 0 Å². The molecule has 218 valence electrons. The minimum absolute atomic E-state index is 0.218. The number of halogens is 2. The number of benzene rings is 4. The van der Waals surface area contributed by atoms with Gasteiger partial charge in [-0.05, 0) is 66.2 Å². The molecule has 0 aliphatic rings. The first kappa shape index (κ1) is 29.7. The minimum atomic E-state index is -0.527. The lowest BCUT2D eigenvalue weighted by Gasteiger charge is -2.10. The zero-order valence-corrected chi connectivity index (χ0v) is 25.6. The summed E-state index contributed by atoms with van der Waals surface area (Å²) >= 11 is 9.91. The molecule has 0 radical (unpaired) electrons. The van der Waals surface area contributed by atoms with Gasteiger partial charge < -0.3 is 23.9 Å². The molecule has 9 nitrogen and oxygen atoms in total. The molecule has 43 heavy (non-hydrogen) atoms. The predicted molar refractivity (Wildman–Crippen MR) is 169 cm³/mol. The standard InChI is InChI=1S/C32H25BrClN3O6/c1-40-24-14-15-25(41-2)29-28(24)27(21-6-4-5-7-22(21)34)30(36-29)31(38)37-35-17-18-8-13-23(26(16-18)42-3)43-32(39)19-9-11-20(33)12-10-19/h4-17,36H,1-3H3,(H,37,38). The third-order valence-electron chi connectivity index (χ3n) is 6.54. The largest absolute Gasteiger partial charge is 0.496 e. The molecule has 0 saturated heterocycles. The number of H-pyrrole nitrogens is 1. The number of nitrogens with zero attached hydrogens (tertiary/aromatic N) is 1. The number of ether oxygens (including phenoxy) is 4. The summed E-state index contributed by atoms with van der Waals surface area (Å²) in [6.45, 7) is 0. The molecule has 5 aromatic rings. The number of hydrogen-bond acceptors (Lipinski definition) is 7.